The van der Waals surface area contributed by atoms with Gasteiger partial charge in [0, 0.05) is 44.1 Å². The molecule has 1 heterocycles. The van der Waals surface area contributed by atoms with Crippen LogP contribution in [0.2, 0.25) is 0 Å². The average Bonchev–Trinajstić information content (AvgIpc) is 2.79. The van der Waals surface area contributed by atoms with Crippen LogP contribution in [0.15, 0.2) is 42.5 Å². The third-order valence-electron chi connectivity index (χ3n) is 5.16. The third kappa shape index (κ3) is 5.55. The second-order valence-corrected chi connectivity index (χ2v) is 7.32. The number of rotatable bonds is 5. The lowest BCUT2D eigenvalue weighted by molar-refractivity contribution is -0.137. The molecule has 0 spiro atoms. The molecule has 10 heteroatoms. The molecule has 1 aliphatic heterocycles. The molecule has 3 rings (SSSR count). The molecule has 166 valence electrons. The highest BCUT2D eigenvalue weighted by molar-refractivity contribution is 5.94. The summed E-state index contributed by atoms with van der Waals surface area (Å²) in [5, 5.41) is 30.4. The quantitative estimate of drug-likeness (QED) is 0.736. The molecule has 1 saturated heterocycles. The van der Waals surface area contributed by atoms with Gasteiger partial charge in [0.1, 0.15) is 6.10 Å². The van der Waals surface area contributed by atoms with E-state index in [1.165, 1.54) is 12.1 Å². The van der Waals surface area contributed by atoms with E-state index in [9.17, 15) is 23.1 Å². The van der Waals surface area contributed by atoms with Gasteiger partial charge in [-0.15, -0.1) is 0 Å². The number of hydrogen-bond acceptors (Lipinski definition) is 6. The lowest BCUT2D eigenvalue weighted by atomic mass is 10.1. The first-order valence-electron chi connectivity index (χ1n) is 9.79. The zero-order valence-corrected chi connectivity index (χ0v) is 16.9. The van der Waals surface area contributed by atoms with Gasteiger partial charge in [-0.1, -0.05) is 6.07 Å². The zero-order chi connectivity index (χ0) is 23.3. The smallest absolute Gasteiger partial charge is 0.382 e. The van der Waals surface area contributed by atoms with Crippen molar-refractivity contribution in [2.24, 2.45) is 0 Å². The highest BCUT2D eigenvalue weighted by atomic mass is 19.4. The first-order valence-corrected chi connectivity index (χ1v) is 9.79. The number of carbonyl (C=O) groups excluding carboxylic acids is 1. The molecule has 0 aromatic heterocycles. The van der Waals surface area contributed by atoms with Crippen LogP contribution < -0.4 is 10.2 Å². The molecule has 1 aliphatic rings. The topological polar surface area (TPSA) is 103 Å². The van der Waals surface area contributed by atoms with E-state index in [4.69, 9.17) is 10.5 Å². The maximum Gasteiger partial charge on any atom is 0.417 e. The van der Waals surface area contributed by atoms with Gasteiger partial charge in [0.05, 0.1) is 28.8 Å². The number of halogens is 3. The van der Waals surface area contributed by atoms with Crippen molar-refractivity contribution in [3.05, 3.63) is 59.2 Å². The Labute approximate surface area is 182 Å². The molecule has 2 aromatic rings. The Hall–Kier alpha value is -3.60. The Kier molecular flexibility index (Phi) is 6.98. The van der Waals surface area contributed by atoms with Crippen LogP contribution in [0.25, 0.3) is 0 Å². The molecule has 0 radical (unpaired) electrons. The van der Waals surface area contributed by atoms with Gasteiger partial charge >= 0.3 is 6.18 Å². The van der Waals surface area contributed by atoms with E-state index in [-0.39, 0.29) is 12.2 Å². The molecule has 0 aliphatic carbocycles. The van der Waals surface area contributed by atoms with Crippen molar-refractivity contribution in [1.82, 2.24) is 4.90 Å². The van der Waals surface area contributed by atoms with Gasteiger partial charge in [-0.25, -0.2) is 0 Å². The highest BCUT2D eigenvalue weighted by Crippen LogP contribution is 2.33. The number of hydrogen-bond donors (Lipinski definition) is 2. The predicted molar refractivity (Wildman–Crippen MR) is 111 cm³/mol. The lowest BCUT2D eigenvalue weighted by Crippen LogP contribution is -2.50. The number of carbonyl (C=O) groups is 1. The van der Waals surface area contributed by atoms with Crippen LogP contribution in [-0.4, -0.2) is 54.7 Å². The highest BCUT2D eigenvalue weighted by Gasteiger charge is 2.34. The van der Waals surface area contributed by atoms with E-state index >= 15 is 0 Å². The van der Waals surface area contributed by atoms with E-state index in [0.717, 1.165) is 11.8 Å². The number of amides is 1. The van der Waals surface area contributed by atoms with Crippen molar-refractivity contribution in [2.45, 2.75) is 12.3 Å². The number of alkyl halides is 3. The van der Waals surface area contributed by atoms with Crippen molar-refractivity contribution >= 4 is 17.3 Å². The summed E-state index contributed by atoms with van der Waals surface area (Å²) in [6.07, 6.45) is -6.18. The van der Waals surface area contributed by atoms with Crippen molar-refractivity contribution in [2.75, 3.05) is 42.9 Å². The van der Waals surface area contributed by atoms with E-state index in [1.807, 2.05) is 17.0 Å². The van der Waals surface area contributed by atoms with Crippen LogP contribution in [0.3, 0.4) is 0 Å². The van der Waals surface area contributed by atoms with Crippen LogP contribution in [0.1, 0.15) is 16.7 Å². The van der Waals surface area contributed by atoms with Crippen LogP contribution >= 0.6 is 0 Å². The van der Waals surface area contributed by atoms with Crippen LogP contribution in [0.4, 0.5) is 24.5 Å². The number of anilines is 2. The fourth-order valence-corrected chi connectivity index (χ4v) is 3.47. The molecular formula is C22H20F3N5O2. The maximum absolute atomic E-state index is 13.1. The Morgan fingerprint density at radius 3 is 2.44 bits per heavy atom. The number of nitriles is 2. The number of piperazine rings is 1. The largest absolute Gasteiger partial charge is 0.417 e. The Morgan fingerprint density at radius 2 is 1.81 bits per heavy atom. The first-order chi connectivity index (χ1) is 15.2. The summed E-state index contributed by atoms with van der Waals surface area (Å²) in [5.74, 6) is -0.827. The normalized spacial score (nSPS) is 15.5. The standard InChI is InChI=1S/C22H20F3N5O2/c23-22(24,25)19-11-17(5-4-16(19)13-27)28-21(32)20(31)14-29-6-8-30(9-7-29)18-3-1-2-15(10-18)12-26/h1-5,10-11,20,31H,6-9,14H2,(H,28,32). The summed E-state index contributed by atoms with van der Waals surface area (Å²) in [5.41, 5.74) is -0.363. The summed E-state index contributed by atoms with van der Waals surface area (Å²) < 4.78 is 39.2. The fraction of sp³-hybridized carbons (Fsp3) is 0.318. The Balaban J connectivity index is 1.56. The fourth-order valence-electron chi connectivity index (χ4n) is 3.47. The summed E-state index contributed by atoms with van der Waals surface area (Å²) in [7, 11) is 0. The molecule has 2 N–H and O–H groups in total. The minimum atomic E-state index is -4.74. The van der Waals surface area contributed by atoms with Crippen molar-refractivity contribution < 1.29 is 23.1 Å². The van der Waals surface area contributed by atoms with E-state index in [0.29, 0.717) is 37.8 Å². The molecule has 2 aromatic carbocycles. The van der Waals surface area contributed by atoms with Crippen molar-refractivity contribution in [3.63, 3.8) is 0 Å². The summed E-state index contributed by atoms with van der Waals surface area (Å²) in [6, 6.07) is 13.6. The number of aliphatic hydroxyl groups is 1. The third-order valence-corrected chi connectivity index (χ3v) is 5.16. The van der Waals surface area contributed by atoms with E-state index in [2.05, 4.69) is 16.3 Å². The van der Waals surface area contributed by atoms with Gasteiger partial charge in [-0.3, -0.25) is 9.69 Å². The number of nitrogens with one attached hydrogen (secondary N) is 1. The molecule has 1 unspecified atom stereocenters. The zero-order valence-electron chi connectivity index (χ0n) is 16.9. The molecular weight excluding hydrogens is 423 g/mol. The molecule has 0 bridgehead atoms. The minimum absolute atomic E-state index is 0.0281. The van der Waals surface area contributed by atoms with Gasteiger partial charge < -0.3 is 15.3 Å². The number of benzene rings is 2. The Bertz CT molecular complexity index is 1070. The number of aliphatic hydroxyl groups excluding tert-OH is 1. The first kappa shape index (κ1) is 23.1. The SMILES string of the molecule is N#Cc1cccc(N2CCN(CC(O)C(=O)Nc3ccc(C#N)c(C(F)(F)F)c3)CC2)c1. The van der Waals surface area contributed by atoms with Gasteiger partial charge in [-0.2, -0.15) is 23.7 Å². The van der Waals surface area contributed by atoms with Gasteiger partial charge in [0.15, 0.2) is 0 Å². The van der Waals surface area contributed by atoms with E-state index in [1.54, 1.807) is 12.1 Å². The minimum Gasteiger partial charge on any atom is -0.382 e. The average molecular weight is 443 g/mol. The van der Waals surface area contributed by atoms with Crippen molar-refractivity contribution in [1.29, 1.82) is 10.5 Å². The van der Waals surface area contributed by atoms with Gasteiger partial charge in [0.2, 0.25) is 0 Å². The molecule has 7 nitrogen and oxygen atoms in total. The van der Waals surface area contributed by atoms with Crippen LogP contribution in [0, 0.1) is 22.7 Å². The summed E-state index contributed by atoms with van der Waals surface area (Å²) in [6.45, 7) is 2.42. The van der Waals surface area contributed by atoms with Crippen LogP contribution in [-0.2, 0) is 11.0 Å². The Morgan fingerprint density at radius 1 is 1.09 bits per heavy atom. The summed E-state index contributed by atoms with van der Waals surface area (Å²) in [4.78, 5) is 16.3. The van der Waals surface area contributed by atoms with Crippen LogP contribution in [0.5, 0.6) is 0 Å². The van der Waals surface area contributed by atoms with Gasteiger partial charge in [0.25, 0.3) is 5.91 Å². The molecule has 1 atom stereocenters. The maximum atomic E-state index is 13.1. The second-order valence-electron chi connectivity index (χ2n) is 7.32. The molecule has 1 fully saturated rings. The number of β-amino-alcohol motifs (C(OH)–C–C–N with tert-alkyl or cyclic N) is 1. The van der Waals surface area contributed by atoms with E-state index < -0.39 is 29.3 Å². The second kappa shape index (κ2) is 9.69. The van der Waals surface area contributed by atoms with Gasteiger partial charge in [-0.05, 0) is 36.4 Å². The monoisotopic (exact) mass is 443 g/mol. The van der Waals surface area contributed by atoms with Crippen molar-refractivity contribution in [3.8, 4) is 12.1 Å². The number of nitrogens with zero attached hydrogens (tertiary/aromatic N) is 4. The molecule has 0 saturated carbocycles. The summed E-state index contributed by atoms with van der Waals surface area (Å²) >= 11 is 0. The lowest BCUT2D eigenvalue weighted by Gasteiger charge is -2.36. The predicted octanol–water partition coefficient (Wildman–Crippen LogP) is 2.57. The molecule has 32 heavy (non-hydrogen) atoms. The molecule has 1 amide bonds.